The molecule has 0 unspecified atom stereocenters. The number of aryl methyl sites for hydroxylation is 1. The molecule has 26 heavy (non-hydrogen) atoms. The first-order chi connectivity index (χ1) is 12.5. The van der Waals surface area contributed by atoms with E-state index in [0.717, 1.165) is 19.0 Å². The number of nitrogens with zero attached hydrogens (tertiary/aromatic N) is 3. The lowest BCUT2D eigenvalue weighted by Crippen LogP contribution is -2.15. The van der Waals surface area contributed by atoms with Crippen molar-refractivity contribution < 1.29 is 19.2 Å². The van der Waals surface area contributed by atoms with Gasteiger partial charge in [-0.3, -0.25) is 19.6 Å². The van der Waals surface area contributed by atoms with Crippen LogP contribution < -0.4 is 14.8 Å². The Morgan fingerprint density at radius 3 is 2.88 bits per heavy atom. The van der Waals surface area contributed by atoms with E-state index in [1.807, 2.05) is 0 Å². The lowest BCUT2D eigenvalue weighted by atomic mass is 10.2. The Morgan fingerprint density at radius 2 is 2.23 bits per heavy atom. The Hall–Kier alpha value is -3.10. The first-order valence-corrected chi connectivity index (χ1v) is 8.31. The molecule has 1 N–H and O–H groups in total. The summed E-state index contributed by atoms with van der Waals surface area (Å²) in [7, 11) is 1.54. The predicted octanol–water partition coefficient (Wildman–Crippen LogP) is 3.01. The molecule has 2 aromatic rings. The van der Waals surface area contributed by atoms with Gasteiger partial charge in [-0.15, -0.1) is 0 Å². The molecule has 0 aliphatic carbocycles. The zero-order chi connectivity index (χ0) is 18.9. The summed E-state index contributed by atoms with van der Waals surface area (Å²) in [5.41, 5.74) is 0.418. The van der Waals surface area contributed by atoms with E-state index in [2.05, 4.69) is 17.3 Å². The molecule has 0 bridgehead atoms. The van der Waals surface area contributed by atoms with Gasteiger partial charge in [0.05, 0.1) is 24.3 Å². The van der Waals surface area contributed by atoms with Gasteiger partial charge in [0.25, 0.3) is 0 Å². The van der Waals surface area contributed by atoms with Crippen molar-refractivity contribution in [3.8, 4) is 11.5 Å². The number of anilines is 1. The fourth-order valence-corrected chi connectivity index (χ4v) is 2.18. The third-order valence-corrected chi connectivity index (χ3v) is 3.61. The molecule has 1 amide bonds. The lowest BCUT2D eigenvalue weighted by Gasteiger charge is -2.14. The molecular formula is C17H22N4O5. The Morgan fingerprint density at radius 1 is 1.42 bits per heavy atom. The maximum absolute atomic E-state index is 12.2. The van der Waals surface area contributed by atoms with Crippen LogP contribution >= 0.6 is 0 Å². The predicted molar refractivity (Wildman–Crippen MR) is 95.5 cm³/mol. The second-order valence-corrected chi connectivity index (χ2v) is 5.58. The van der Waals surface area contributed by atoms with E-state index in [9.17, 15) is 14.9 Å². The smallest absolute Gasteiger partial charge is 0.306 e. The van der Waals surface area contributed by atoms with E-state index in [0.29, 0.717) is 23.8 Å². The number of nitro groups is 1. The molecule has 0 saturated carbocycles. The summed E-state index contributed by atoms with van der Waals surface area (Å²) in [5.74, 6) is 0.921. The monoisotopic (exact) mass is 362 g/mol. The molecule has 1 aromatic heterocycles. The van der Waals surface area contributed by atoms with Gasteiger partial charge in [-0.2, -0.15) is 5.10 Å². The van der Waals surface area contributed by atoms with E-state index in [1.165, 1.54) is 10.9 Å². The number of rotatable bonds is 10. The zero-order valence-corrected chi connectivity index (χ0v) is 14.8. The standard InChI is InChI=1S/C17H22N4O5/c1-3-4-9-26-16-6-5-14(25-2)10-15(16)19-17(22)7-8-20-12-13(11-18-20)21(23)24/h5-6,10-12H,3-4,7-9H2,1-2H3,(H,19,22). The van der Waals surface area contributed by atoms with Crippen LogP contribution in [0, 0.1) is 10.1 Å². The highest BCUT2D eigenvalue weighted by molar-refractivity contribution is 5.92. The van der Waals surface area contributed by atoms with Crippen molar-refractivity contribution in [2.24, 2.45) is 0 Å². The summed E-state index contributed by atoms with van der Waals surface area (Å²) >= 11 is 0. The van der Waals surface area contributed by atoms with E-state index in [-0.39, 0.29) is 24.6 Å². The fraction of sp³-hybridized carbons (Fsp3) is 0.412. The molecule has 9 heteroatoms. The van der Waals surface area contributed by atoms with Crippen LogP contribution in [0.4, 0.5) is 11.4 Å². The zero-order valence-electron chi connectivity index (χ0n) is 14.8. The second kappa shape index (κ2) is 9.40. The van der Waals surface area contributed by atoms with Crippen LogP contribution in [0.15, 0.2) is 30.6 Å². The second-order valence-electron chi connectivity index (χ2n) is 5.58. The number of ether oxygens (including phenoxy) is 2. The molecule has 0 radical (unpaired) electrons. The highest BCUT2D eigenvalue weighted by atomic mass is 16.6. The summed E-state index contributed by atoms with van der Waals surface area (Å²) in [6.45, 7) is 2.86. The van der Waals surface area contributed by atoms with Gasteiger partial charge in [-0.25, -0.2) is 0 Å². The molecule has 0 saturated heterocycles. The Labute approximate surface area is 151 Å². The SMILES string of the molecule is CCCCOc1ccc(OC)cc1NC(=O)CCn1cc([N+](=O)[O-])cn1. The molecule has 140 valence electrons. The van der Waals surface area contributed by atoms with Crippen molar-refractivity contribution in [3.63, 3.8) is 0 Å². The summed E-state index contributed by atoms with van der Waals surface area (Å²) in [6, 6.07) is 5.21. The number of unbranched alkanes of at least 4 members (excludes halogenated alkanes) is 1. The summed E-state index contributed by atoms with van der Waals surface area (Å²) < 4.78 is 12.3. The Balaban J connectivity index is 1.98. The molecule has 0 atom stereocenters. The first-order valence-electron chi connectivity index (χ1n) is 8.31. The van der Waals surface area contributed by atoms with Crippen molar-refractivity contribution in [1.29, 1.82) is 0 Å². The van der Waals surface area contributed by atoms with Gasteiger partial charge < -0.3 is 14.8 Å². The number of amides is 1. The van der Waals surface area contributed by atoms with Gasteiger partial charge in [-0.05, 0) is 18.6 Å². The number of hydrogen-bond acceptors (Lipinski definition) is 6. The van der Waals surface area contributed by atoms with Gasteiger partial charge in [0.15, 0.2) is 0 Å². The number of carbonyl (C=O) groups excluding carboxylic acids is 1. The molecule has 1 heterocycles. The average Bonchev–Trinajstić information content (AvgIpc) is 3.10. The molecule has 1 aromatic carbocycles. The van der Waals surface area contributed by atoms with Crippen LogP contribution in [-0.4, -0.2) is 34.3 Å². The van der Waals surface area contributed by atoms with Crippen molar-refractivity contribution in [1.82, 2.24) is 9.78 Å². The normalized spacial score (nSPS) is 10.4. The van der Waals surface area contributed by atoms with Gasteiger partial charge in [-0.1, -0.05) is 13.3 Å². The van der Waals surface area contributed by atoms with Crippen LogP contribution in [0.2, 0.25) is 0 Å². The van der Waals surface area contributed by atoms with Gasteiger partial charge in [0.2, 0.25) is 5.91 Å². The van der Waals surface area contributed by atoms with Crippen LogP contribution in [0.25, 0.3) is 0 Å². The maximum atomic E-state index is 12.2. The molecule has 9 nitrogen and oxygen atoms in total. The highest BCUT2D eigenvalue weighted by Gasteiger charge is 2.12. The van der Waals surface area contributed by atoms with Crippen molar-refractivity contribution in [2.45, 2.75) is 32.7 Å². The highest BCUT2D eigenvalue weighted by Crippen LogP contribution is 2.29. The number of methoxy groups -OCH3 is 1. The topological polar surface area (TPSA) is 109 Å². The van der Waals surface area contributed by atoms with Crippen molar-refractivity contribution >= 4 is 17.3 Å². The summed E-state index contributed by atoms with van der Waals surface area (Å²) in [4.78, 5) is 22.3. The number of benzene rings is 1. The van der Waals surface area contributed by atoms with Crippen molar-refractivity contribution in [3.05, 3.63) is 40.7 Å². The van der Waals surface area contributed by atoms with E-state index in [4.69, 9.17) is 9.47 Å². The molecule has 0 aliphatic heterocycles. The van der Waals surface area contributed by atoms with Gasteiger partial charge in [0, 0.05) is 19.0 Å². The largest absolute Gasteiger partial charge is 0.497 e. The number of hydrogen-bond donors (Lipinski definition) is 1. The Bertz CT molecular complexity index is 759. The Kier molecular flexibility index (Phi) is 6.95. The van der Waals surface area contributed by atoms with Crippen LogP contribution in [0.1, 0.15) is 26.2 Å². The van der Waals surface area contributed by atoms with Gasteiger partial charge >= 0.3 is 5.69 Å². The maximum Gasteiger partial charge on any atom is 0.306 e. The minimum Gasteiger partial charge on any atom is -0.497 e. The fourth-order valence-electron chi connectivity index (χ4n) is 2.18. The van der Waals surface area contributed by atoms with Crippen LogP contribution in [-0.2, 0) is 11.3 Å². The van der Waals surface area contributed by atoms with E-state index in [1.54, 1.807) is 25.3 Å². The number of carbonyl (C=O) groups is 1. The number of nitrogens with one attached hydrogen (secondary N) is 1. The molecule has 0 aliphatic rings. The molecular weight excluding hydrogens is 340 g/mol. The number of aromatic nitrogens is 2. The molecule has 0 fully saturated rings. The molecule has 0 spiro atoms. The van der Waals surface area contributed by atoms with Crippen LogP contribution in [0.5, 0.6) is 11.5 Å². The van der Waals surface area contributed by atoms with E-state index >= 15 is 0 Å². The average molecular weight is 362 g/mol. The van der Waals surface area contributed by atoms with Crippen molar-refractivity contribution in [2.75, 3.05) is 19.0 Å². The summed E-state index contributed by atoms with van der Waals surface area (Å²) in [6.07, 6.45) is 4.48. The lowest BCUT2D eigenvalue weighted by molar-refractivity contribution is -0.385. The minimum absolute atomic E-state index is 0.107. The first kappa shape index (κ1) is 19.2. The minimum atomic E-state index is -0.528. The van der Waals surface area contributed by atoms with Gasteiger partial charge in [0.1, 0.15) is 23.9 Å². The summed E-state index contributed by atoms with van der Waals surface area (Å²) in [5, 5.41) is 17.3. The van der Waals surface area contributed by atoms with E-state index < -0.39 is 4.92 Å². The molecule has 2 rings (SSSR count). The quantitative estimate of drug-likeness (QED) is 0.395. The van der Waals surface area contributed by atoms with Crippen LogP contribution in [0.3, 0.4) is 0 Å². The third-order valence-electron chi connectivity index (χ3n) is 3.61. The third kappa shape index (κ3) is 5.47.